The Morgan fingerprint density at radius 3 is 2.50 bits per heavy atom. The number of fused-ring (bicyclic) bond motifs is 5. The topological polar surface area (TPSA) is 82.9 Å². The monoisotopic (exact) mass is 570 g/mol. The number of benzene rings is 2. The van der Waals surface area contributed by atoms with Gasteiger partial charge < -0.3 is 20.0 Å². The third-order valence-corrected chi connectivity index (χ3v) is 9.67. The van der Waals surface area contributed by atoms with Gasteiger partial charge in [0.05, 0.1) is 23.2 Å². The quantitative estimate of drug-likeness (QED) is 0.528. The summed E-state index contributed by atoms with van der Waals surface area (Å²) in [4.78, 5) is 36.4. The molecule has 0 radical (unpaired) electrons. The van der Waals surface area contributed by atoms with Gasteiger partial charge in [-0.15, -0.1) is 0 Å². The maximum Gasteiger partial charge on any atom is 0.257 e. The lowest BCUT2D eigenvalue weighted by molar-refractivity contribution is -0.117. The van der Waals surface area contributed by atoms with Gasteiger partial charge in [-0.2, -0.15) is 5.26 Å². The predicted octanol–water partition coefficient (Wildman–Crippen LogP) is 3.86. The van der Waals surface area contributed by atoms with Crippen LogP contribution < -0.4 is 15.1 Å². The number of likely N-dealkylation sites (N-methyl/N-ethyl adjacent to an activating group) is 1. The molecule has 2 atom stereocenters. The number of hydrogen-bond donors (Lipinski definition) is 1. The van der Waals surface area contributed by atoms with Crippen molar-refractivity contribution in [1.29, 1.82) is 5.26 Å². The number of amides is 1. The Morgan fingerprint density at radius 2 is 1.83 bits per heavy atom. The average molecular weight is 571 g/mol. The van der Waals surface area contributed by atoms with Crippen molar-refractivity contribution in [2.75, 3.05) is 63.2 Å². The van der Waals surface area contributed by atoms with Crippen LogP contribution in [0.15, 0.2) is 41.6 Å². The van der Waals surface area contributed by atoms with E-state index in [0.29, 0.717) is 54.2 Å². The lowest BCUT2D eigenvalue weighted by Crippen LogP contribution is -2.49. The summed E-state index contributed by atoms with van der Waals surface area (Å²) in [5.74, 6) is -1.79. The molecule has 6 rings (SSSR count). The number of Topliss-reactive ketones (excluding diaryl/α,β-unsaturated/α-hetero) is 1. The second-order valence-corrected chi connectivity index (χ2v) is 12.3. The zero-order valence-electron chi connectivity index (χ0n) is 24.9. The minimum absolute atomic E-state index is 0.0576. The number of piperazine rings is 1. The van der Waals surface area contributed by atoms with E-state index in [2.05, 4.69) is 47.0 Å². The summed E-state index contributed by atoms with van der Waals surface area (Å²) < 4.78 is 15.8. The SMILES string of the molecule is CC(C)N1CCN(c2cc3c(cc2F)C(=O)C(C(=O)NCCC2CCCN2C)=C2C3c3cc(C#N)ccc3N2C)CC1. The van der Waals surface area contributed by atoms with Gasteiger partial charge in [0, 0.05) is 68.8 Å². The van der Waals surface area contributed by atoms with E-state index >= 15 is 4.39 Å². The highest BCUT2D eigenvalue weighted by Crippen LogP contribution is 2.52. The molecule has 4 aliphatic rings. The maximum atomic E-state index is 15.8. The number of likely N-dealkylation sites (tertiary alicyclic amines) is 1. The Morgan fingerprint density at radius 1 is 1.07 bits per heavy atom. The van der Waals surface area contributed by atoms with Gasteiger partial charge in [-0.25, -0.2) is 4.39 Å². The second-order valence-electron chi connectivity index (χ2n) is 12.3. The molecule has 2 unspecified atom stereocenters. The number of hydrogen-bond acceptors (Lipinski definition) is 7. The lowest BCUT2D eigenvalue weighted by Gasteiger charge is -2.39. The van der Waals surface area contributed by atoms with Gasteiger partial charge in [-0.3, -0.25) is 14.5 Å². The number of carbonyl (C=O) groups excluding carboxylic acids is 2. The molecule has 0 bridgehead atoms. The number of anilines is 2. The lowest BCUT2D eigenvalue weighted by atomic mass is 9.77. The van der Waals surface area contributed by atoms with Gasteiger partial charge >= 0.3 is 0 Å². The van der Waals surface area contributed by atoms with Crippen LogP contribution in [-0.4, -0.2) is 86.9 Å². The van der Waals surface area contributed by atoms with Crippen LogP contribution in [0.3, 0.4) is 0 Å². The van der Waals surface area contributed by atoms with Crippen molar-refractivity contribution in [2.24, 2.45) is 0 Å². The Kier molecular flexibility index (Phi) is 7.54. The average Bonchev–Trinajstić information content (AvgIpc) is 3.52. The van der Waals surface area contributed by atoms with Crippen LogP contribution in [0.2, 0.25) is 0 Å². The van der Waals surface area contributed by atoms with Crippen LogP contribution in [0.5, 0.6) is 0 Å². The second kappa shape index (κ2) is 11.2. The third-order valence-electron chi connectivity index (χ3n) is 9.67. The molecule has 220 valence electrons. The molecule has 42 heavy (non-hydrogen) atoms. The number of rotatable bonds is 6. The smallest absolute Gasteiger partial charge is 0.257 e. The van der Waals surface area contributed by atoms with Gasteiger partial charge in [0.15, 0.2) is 0 Å². The van der Waals surface area contributed by atoms with Gasteiger partial charge in [0.1, 0.15) is 11.4 Å². The van der Waals surface area contributed by atoms with Crippen molar-refractivity contribution < 1.29 is 14.0 Å². The number of carbonyl (C=O) groups is 2. The predicted molar refractivity (Wildman–Crippen MR) is 161 cm³/mol. The van der Waals surface area contributed by atoms with E-state index < -0.39 is 23.4 Å². The highest BCUT2D eigenvalue weighted by molar-refractivity contribution is 6.28. The highest BCUT2D eigenvalue weighted by atomic mass is 19.1. The first-order valence-electron chi connectivity index (χ1n) is 15.1. The van der Waals surface area contributed by atoms with Crippen molar-refractivity contribution in [3.8, 4) is 6.07 Å². The standard InChI is InChI=1S/C33H39FN6O2/c1-20(2)39-12-14-40(15-13-39)28-18-23-24(17-26(28)34)32(41)30(33(42)36-10-9-22-6-5-11-37(22)3)31-29(23)25-16-21(19-35)7-8-27(25)38(31)4/h7-8,16-18,20,22,29H,5-6,9-15H2,1-4H3,(H,36,42). The van der Waals surface area contributed by atoms with Crippen LogP contribution in [-0.2, 0) is 4.79 Å². The van der Waals surface area contributed by atoms with Gasteiger partial charge in [0.2, 0.25) is 5.78 Å². The van der Waals surface area contributed by atoms with Crippen LogP contribution in [0, 0.1) is 17.1 Å². The van der Waals surface area contributed by atoms with Crippen molar-refractivity contribution in [3.63, 3.8) is 0 Å². The molecule has 2 saturated heterocycles. The van der Waals surface area contributed by atoms with E-state index in [1.165, 1.54) is 6.07 Å². The molecular formula is C33H39FN6O2. The normalized spacial score (nSPS) is 22.4. The summed E-state index contributed by atoms with van der Waals surface area (Å²) in [6, 6.07) is 11.6. The van der Waals surface area contributed by atoms with E-state index in [0.717, 1.165) is 50.1 Å². The van der Waals surface area contributed by atoms with Gasteiger partial charge in [0.25, 0.3) is 5.91 Å². The number of nitriles is 1. The first-order valence-corrected chi connectivity index (χ1v) is 15.1. The molecule has 2 aromatic rings. The van der Waals surface area contributed by atoms with Crippen LogP contribution >= 0.6 is 0 Å². The zero-order chi connectivity index (χ0) is 29.7. The number of nitrogens with one attached hydrogen (secondary N) is 1. The third kappa shape index (κ3) is 4.77. The van der Waals surface area contributed by atoms with Crippen LogP contribution in [0.4, 0.5) is 15.8 Å². The summed E-state index contributed by atoms with van der Waals surface area (Å²) >= 11 is 0. The highest BCUT2D eigenvalue weighted by Gasteiger charge is 2.45. The van der Waals surface area contributed by atoms with Crippen LogP contribution in [0.1, 0.15) is 66.1 Å². The van der Waals surface area contributed by atoms with Crippen molar-refractivity contribution in [3.05, 3.63) is 69.7 Å². The minimum atomic E-state index is -0.457. The fourth-order valence-electron chi connectivity index (χ4n) is 7.25. The summed E-state index contributed by atoms with van der Waals surface area (Å²) in [5.41, 5.74) is 4.21. The first kappa shape index (κ1) is 28.4. The summed E-state index contributed by atoms with van der Waals surface area (Å²) in [6.07, 6.45) is 3.06. The molecule has 9 heteroatoms. The van der Waals surface area contributed by atoms with Gasteiger partial charge in [-0.1, -0.05) is 0 Å². The molecule has 8 nitrogen and oxygen atoms in total. The Bertz CT molecular complexity index is 1500. The van der Waals surface area contributed by atoms with Crippen molar-refractivity contribution in [1.82, 2.24) is 15.1 Å². The van der Waals surface area contributed by atoms with E-state index in [4.69, 9.17) is 0 Å². The maximum absolute atomic E-state index is 15.8. The molecule has 0 spiro atoms. The van der Waals surface area contributed by atoms with Crippen molar-refractivity contribution in [2.45, 2.75) is 51.1 Å². The first-order chi connectivity index (χ1) is 20.2. The van der Waals surface area contributed by atoms with Gasteiger partial charge in [-0.05, 0) is 88.2 Å². The number of nitrogens with zero attached hydrogens (tertiary/aromatic N) is 5. The number of halogens is 1. The Hall–Kier alpha value is -3.74. The van der Waals surface area contributed by atoms with E-state index in [1.807, 2.05) is 30.1 Å². The largest absolute Gasteiger partial charge is 0.367 e. The van der Waals surface area contributed by atoms with Crippen LogP contribution in [0.25, 0.3) is 0 Å². The molecule has 1 N–H and O–H groups in total. The fourth-order valence-corrected chi connectivity index (χ4v) is 7.25. The molecule has 3 heterocycles. The molecule has 3 aliphatic heterocycles. The van der Waals surface area contributed by atoms with Crippen molar-refractivity contribution >= 4 is 23.1 Å². The number of allylic oxidation sites excluding steroid dienone is 1. The Balaban J connectivity index is 1.39. The summed E-state index contributed by atoms with van der Waals surface area (Å²) in [5, 5.41) is 12.7. The molecular weight excluding hydrogens is 531 g/mol. The zero-order valence-corrected chi connectivity index (χ0v) is 24.9. The Labute approximate surface area is 247 Å². The molecule has 1 aliphatic carbocycles. The molecule has 0 aromatic heterocycles. The molecule has 1 amide bonds. The van der Waals surface area contributed by atoms with E-state index in [9.17, 15) is 14.9 Å². The molecule has 2 fully saturated rings. The minimum Gasteiger partial charge on any atom is -0.367 e. The van der Waals surface area contributed by atoms with E-state index in [-0.39, 0.29) is 11.1 Å². The van der Waals surface area contributed by atoms with E-state index in [1.54, 1.807) is 6.07 Å². The molecule has 0 saturated carbocycles. The summed E-state index contributed by atoms with van der Waals surface area (Å²) in [7, 11) is 3.96. The fraction of sp³-hybridized carbons (Fsp3) is 0.485. The molecule has 2 aromatic carbocycles. The number of ketones is 1. The summed E-state index contributed by atoms with van der Waals surface area (Å²) in [6.45, 7) is 8.89.